The molecular formula is C19H26N4O2. The number of hydrogen-bond donors (Lipinski definition) is 1. The maximum Gasteiger partial charge on any atom is 0.246 e. The normalized spacial score (nSPS) is 19.6. The Kier molecular flexibility index (Phi) is 5.06. The van der Waals surface area contributed by atoms with E-state index in [4.69, 9.17) is 0 Å². The van der Waals surface area contributed by atoms with Crippen LogP contribution in [0.15, 0.2) is 31.0 Å². The third-order valence-electron chi connectivity index (χ3n) is 5.38. The van der Waals surface area contributed by atoms with Crippen molar-refractivity contribution in [3.05, 3.63) is 31.0 Å². The van der Waals surface area contributed by atoms with Crippen LogP contribution in [0.4, 0.5) is 11.5 Å². The number of hydrogen-bond acceptors (Lipinski definition) is 4. The van der Waals surface area contributed by atoms with Gasteiger partial charge >= 0.3 is 0 Å². The van der Waals surface area contributed by atoms with Gasteiger partial charge in [0.25, 0.3) is 0 Å². The second kappa shape index (κ2) is 7.25. The number of pyridine rings is 1. The molecule has 2 heterocycles. The third kappa shape index (κ3) is 3.83. The molecular weight excluding hydrogens is 316 g/mol. The molecule has 1 aromatic heterocycles. The standard InChI is InChI=1S/C19H26N4O2/c1-3-17(24)23-12-10-22(11-13-23)15-6-7-16(20-14-15)21-18(25)19(2)8-4-5-9-19/h3,6-7,14H,1,4-5,8-13H2,2H3,(H,20,21,25). The summed E-state index contributed by atoms with van der Waals surface area (Å²) in [7, 11) is 0. The van der Waals surface area contributed by atoms with Crippen LogP contribution in [0.3, 0.4) is 0 Å². The highest BCUT2D eigenvalue weighted by atomic mass is 16.2. The lowest BCUT2D eigenvalue weighted by molar-refractivity contribution is -0.126. The van der Waals surface area contributed by atoms with Gasteiger partial charge in [0, 0.05) is 31.6 Å². The molecule has 1 N–H and O–H groups in total. The smallest absolute Gasteiger partial charge is 0.246 e. The van der Waals surface area contributed by atoms with Gasteiger partial charge < -0.3 is 15.1 Å². The Morgan fingerprint density at radius 3 is 2.44 bits per heavy atom. The van der Waals surface area contributed by atoms with E-state index < -0.39 is 0 Å². The molecule has 1 aliphatic carbocycles. The highest BCUT2D eigenvalue weighted by Crippen LogP contribution is 2.38. The van der Waals surface area contributed by atoms with E-state index in [1.165, 1.54) is 6.08 Å². The molecule has 0 aromatic carbocycles. The summed E-state index contributed by atoms with van der Waals surface area (Å²) in [6, 6.07) is 3.83. The van der Waals surface area contributed by atoms with E-state index in [0.29, 0.717) is 18.9 Å². The Balaban J connectivity index is 1.57. The van der Waals surface area contributed by atoms with Crippen LogP contribution in [0.25, 0.3) is 0 Å². The summed E-state index contributed by atoms with van der Waals surface area (Å²) < 4.78 is 0. The van der Waals surface area contributed by atoms with E-state index in [9.17, 15) is 9.59 Å². The van der Waals surface area contributed by atoms with Crippen molar-refractivity contribution in [2.24, 2.45) is 5.41 Å². The molecule has 2 aliphatic rings. The molecule has 6 heteroatoms. The first kappa shape index (κ1) is 17.5. The molecule has 3 rings (SSSR count). The molecule has 134 valence electrons. The predicted molar refractivity (Wildman–Crippen MR) is 98.4 cm³/mol. The minimum atomic E-state index is -0.256. The van der Waals surface area contributed by atoms with Crippen LogP contribution in [0, 0.1) is 5.41 Å². The largest absolute Gasteiger partial charge is 0.367 e. The molecule has 0 radical (unpaired) electrons. The van der Waals surface area contributed by atoms with E-state index in [1.807, 2.05) is 19.1 Å². The van der Waals surface area contributed by atoms with Gasteiger partial charge in [0.1, 0.15) is 5.82 Å². The van der Waals surface area contributed by atoms with Gasteiger partial charge in [-0.25, -0.2) is 4.98 Å². The maximum atomic E-state index is 12.4. The van der Waals surface area contributed by atoms with Crippen molar-refractivity contribution in [3.63, 3.8) is 0 Å². The van der Waals surface area contributed by atoms with Crippen molar-refractivity contribution in [2.45, 2.75) is 32.6 Å². The van der Waals surface area contributed by atoms with Crippen LogP contribution < -0.4 is 10.2 Å². The zero-order valence-corrected chi connectivity index (χ0v) is 14.8. The number of carbonyl (C=O) groups excluding carboxylic acids is 2. The third-order valence-corrected chi connectivity index (χ3v) is 5.38. The predicted octanol–water partition coefficient (Wildman–Crippen LogP) is 2.44. The molecule has 0 bridgehead atoms. The minimum absolute atomic E-state index is 0.0174. The van der Waals surface area contributed by atoms with Gasteiger partial charge in [-0.3, -0.25) is 9.59 Å². The fraction of sp³-hybridized carbons (Fsp3) is 0.526. The fourth-order valence-electron chi connectivity index (χ4n) is 3.61. The fourth-order valence-corrected chi connectivity index (χ4v) is 3.61. The van der Waals surface area contributed by atoms with Gasteiger partial charge in [-0.1, -0.05) is 26.3 Å². The number of anilines is 2. The van der Waals surface area contributed by atoms with E-state index in [1.54, 1.807) is 11.1 Å². The summed E-state index contributed by atoms with van der Waals surface area (Å²) in [6.45, 7) is 8.47. The lowest BCUT2D eigenvalue weighted by atomic mass is 9.88. The van der Waals surface area contributed by atoms with Crippen molar-refractivity contribution in [3.8, 4) is 0 Å². The summed E-state index contributed by atoms with van der Waals surface area (Å²) in [5.41, 5.74) is 0.754. The first-order chi connectivity index (χ1) is 12.0. The molecule has 0 unspecified atom stereocenters. The first-order valence-corrected chi connectivity index (χ1v) is 8.96. The SMILES string of the molecule is C=CC(=O)N1CCN(c2ccc(NC(=O)C3(C)CCCC3)nc2)CC1. The van der Waals surface area contributed by atoms with Crippen molar-refractivity contribution < 1.29 is 9.59 Å². The Morgan fingerprint density at radius 1 is 1.20 bits per heavy atom. The average Bonchev–Trinajstić information content (AvgIpc) is 3.10. The van der Waals surface area contributed by atoms with E-state index in [0.717, 1.165) is 44.5 Å². The maximum absolute atomic E-state index is 12.4. The lowest BCUT2D eigenvalue weighted by Gasteiger charge is -2.35. The van der Waals surface area contributed by atoms with Gasteiger partial charge in [-0.05, 0) is 31.1 Å². The van der Waals surface area contributed by atoms with E-state index >= 15 is 0 Å². The molecule has 1 saturated heterocycles. The Morgan fingerprint density at radius 2 is 1.88 bits per heavy atom. The minimum Gasteiger partial charge on any atom is -0.367 e. The van der Waals surface area contributed by atoms with Crippen molar-refractivity contribution >= 4 is 23.3 Å². The quantitative estimate of drug-likeness (QED) is 0.854. The zero-order valence-electron chi connectivity index (χ0n) is 14.8. The Hall–Kier alpha value is -2.37. The van der Waals surface area contributed by atoms with Crippen molar-refractivity contribution in [1.29, 1.82) is 0 Å². The molecule has 25 heavy (non-hydrogen) atoms. The Labute approximate surface area is 148 Å². The molecule has 1 aromatic rings. The second-order valence-electron chi connectivity index (χ2n) is 7.14. The number of nitrogens with zero attached hydrogens (tertiary/aromatic N) is 3. The zero-order chi connectivity index (χ0) is 17.9. The van der Waals surface area contributed by atoms with Crippen LogP contribution in [0.2, 0.25) is 0 Å². The lowest BCUT2D eigenvalue weighted by Crippen LogP contribution is -2.48. The monoisotopic (exact) mass is 342 g/mol. The van der Waals surface area contributed by atoms with Crippen LogP contribution in [-0.4, -0.2) is 47.9 Å². The van der Waals surface area contributed by atoms with Gasteiger partial charge in [0.05, 0.1) is 11.9 Å². The summed E-state index contributed by atoms with van der Waals surface area (Å²) in [6.07, 6.45) is 7.29. The van der Waals surface area contributed by atoms with Crippen LogP contribution in [-0.2, 0) is 9.59 Å². The van der Waals surface area contributed by atoms with Crippen LogP contribution in [0.5, 0.6) is 0 Å². The van der Waals surface area contributed by atoms with E-state index in [2.05, 4.69) is 21.8 Å². The molecule has 1 saturated carbocycles. The number of nitrogens with one attached hydrogen (secondary N) is 1. The summed E-state index contributed by atoms with van der Waals surface area (Å²) in [4.78, 5) is 32.5. The number of carbonyl (C=O) groups is 2. The Bertz CT molecular complexity index is 642. The molecule has 2 fully saturated rings. The topological polar surface area (TPSA) is 65.5 Å². The van der Waals surface area contributed by atoms with Gasteiger partial charge in [-0.15, -0.1) is 0 Å². The summed E-state index contributed by atoms with van der Waals surface area (Å²) in [5.74, 6) is 0.653. The second-order valence-corrected chi connectivity index (χ2v) is 7.14. The van der Waals surface area contributed by atoms with Crippen molar-refractivity contribution in [2.75, 3.05) is 36.4 Å². The molecule has 1 aliphatic heterocycles. The number of rotatable bonds is 4. The summed E-state index contributed by atoms with van der Waals surface area (Å²) >= 11 is 0. The number of amides is 2. The number of aromatic nitrogens is 1. The number of piperazine rings is 1. The van der Waals surface area contributed by atoms with Gasteiger partial charge in [-0.2, -0.15) is 0 Å². The first-order valence-electron chi connectivity index (χ1n) is 8.96. The van der Waals surface area contributed by atoms with Crippen LogP contribution in [0.1, 0.15) is 32.6 Å². The van der Waals surface area contributed by atoms with Crippen LogP contribution >= 0.6 is 0 Å². The molecule has 0 spiro atoms. The average molecular weight is 342 g/mol. The molecule has 0 atom stereocenters. The highest BCUT2D eigenvalue weighted by molar-refractivity contribution is 5.94. The highest BCUT2D eigenvalue weighted by Gasteiger charge is 2.36. The molecule has 6 nitrogen and oxygen atoms in total. The van der Waals surface area contributed by atoms with E-state index in [-0.39, 0.29) is 17.2 Å². The van der Waals surface area contributed by atoms with Gasteiger partial charge in [0.15, 0.2) is 0 Å². The van der Waals surface area contributed by atoms with Crippen molar-refractivity contribution in [1.82, 2.24) is 9.88 Å². The summed E-state index contributed by atoms with van der Waals surface area (Å²) in [5, 5.41) is 2.95. The molecule has 2 amide bonds. The van der Waals surface area contributed by atoms with Gasteiger partial charge in [0.2, 0.25) is 11.8 Å².